The lowest BCUT2D eigenvalue weighted by Crippen LogP contribution is -2.07. The number of benzene rings is 2. The monoisotopic (exact) mass is 308 g/mol. The van der Waals surface area contributed by atoms with Gasteiger partial charge in [-0.2, -0.15) is 0 Å². The summed E-state index contributed by atoms with van der Waals surface area (Å²) in [6.07, 6.45) is 5.10. The molecule has 1 atom stereocenters. The van der Waals surface area contributed by atoms with E-state index in [2.05, 4.69) is 57.2 Å². The van der Waals surface area contributed by atoms with Gasteiger partial charge in [0.2, 0.25) is 0 Å². The van der Waals surface area contributed by atoms with E-state index in [1.165, 1.54) is 29.5 Å². The van der Waals surface area contributed by atoms with Crippen molar-refractivity contribution in [3.05, 3.63) is 70.8 Å². The molecule has 2 rings (SSSR count). The highest BCUT2D eigenvalue weighted by Crippen LogP contribution is 2.26. The van der Waals surface area contributed by atoms with Gasteiger partial charge in [0.05, 0.1) is 0 Å². The Morgan fingerprint density at radius 1 is 1.04 bits per heavy atom. The van der Waals surface area contributed by atoms with Gasteiger partial charge in [0.1, 0.15) is 0 Å². The molecule has 0 amide bonds. The van der Waals surface area contributed by atoms with Crippen LogP contribution in [0.5, 0.6) is 0 Å². The van der Waals surface area contributed by atoms with Crippen molar-refractivity contribution in [2.45, 2.75) is 58.8 Å². The number of carbonyl (C=O) groups is 1. The number of rotatable bonds is 8. The third kappa shape index (κ3) is 5.06. The molecule has 2 aromatic rings. The first-order chi connectivity index (χ1) is 11.1. The summed E-state index contributed by atoms with van der Waals surface area (Å²) in [4.78, 5) is 12.6. The van der Waals surface area contributed by atoms with Crippen molar-refractivity contribution in [1.29, 1.82) is 0 Å². The van der Waals surface area contributed by atoms with Crippen molar-refractivity contribution in [3.63, 3.8) is 0 Å². The van der Waals surface area contributed by atoms with Crippen molar-refractivity contribution >= 4 is 5.78 Å². The molecule has 1 heteroatoms. The third-order valence-electron chi connectivity index (χ3n) is 4.53. The summed E-state index contributed by atoms with van der Waals surface area (Å²) >= 11 is 0. The first-order valence-electron chi connectivity index (χ1n) is 8.82. The fourth-order valence-corrected chi connectivity index (χ4v) is 3.00. The first-order valence-corrected chi connectivity index (χ1v) is 8.82. The number of ketones is 1. The summed E-state index contributed by atoms with van der Waals surface area (Å²) in [7, 11) is 0. The summed E-state index contributed by atoms with van der Waals surface area (Å²) in [5, 5.41) is 0. The van der Waals surface area contributed by atoms with Crippen molar-refractivity contribution in [2.24, 2.45) is 0 Å². The lowest BCUT2D eigenvalue weighted by molar-refractivity contribution is 0.0973. The van der Waals surface area contributed by atoms with Crippen LogP contribution >= 0.6 is 0 Å². The molecule has 0 aliphatic carbocycles. The number of hydrogen-bond acceptors (Lipinski definition) is 1. The maximum absolute atomic E-state index is 12.6. The maximum atomic E-state index is 12.6. The zero-order valence-electron chi connectivity index (χ0n) is 14.6. The largest absolute Gasteiger partial charge is 0.294 e. The number of Topliss-reactive ketones (excluding diaryl/α,β-unsaturated/α-hetero) is 1. The van der Waals surface area contributed by atoms with Gasteiger partial charge in [-0.1, -0.05) is 74.4 Å². The van der Waals surface area contributed by atoms with E-state index in [9.17, 15) is 4.79 Å². The number of carbonyl (C=O) groups excluding carboxylic acids is 1. The van der Waals surface area contributed by atoms with E-state index >= 15 is 0 Å². The van der Waals surface area contributed by atoms with E-state index < -0.39 is 0 Å². The predicted molar refractivity (Wildman–Crippen MR) is 98.2 cm³/mol. The Kier molecular flexibility index (Phi) is 6.58. The van der Waals surface area contributed by atoms with Crippen LogP contribution in [0, 0.1) is 6.92 Å². The fourth-order valence-electron chi connectivity index (χ4n) is 3.00. The van der Waals surface area contributed by atoms with E-state index in [1.807, 2.05) is 12.1 Å². The van der Waals surface area contributed by atoms with Gasteiger partial charge < -0.3 is 0 Å². The Morgan fingerprint density at radius 3 is 2.39 bits per heavy atom. The van der Waals surface area contributed by atoms with Crippen LogP contribution in [0.2, 0.25) is 0 Å². The molecule has 0 radical (unpaired) electrons. The topological polar surface area (TPSA) is 17.1 Å². The molecular formula is C22H28O. The van der Waals surface area contributed by atoms with Crippen LogP contribution in [0.4, 0.5) is 0 Å². The second-order valence-electron chi connectivity index (χ2n) is 6.45. The molecule has 0 saturated heterocycles. The van der Waals surface area contributed by atoms with Gasteiger partial charge >= 0.3 is 0 Å². The van der Waals surface area contributed by atoms with Crippen LogP contribution in [0.3, 0.4) is 0 Å². The van der Waals surface area contributed by atoms with Gasteiger partial charge in [0, 0.05) is 12.0 Å². The second kappa shape index (κ2) is 8.67. The Balaban J connectivity index is 2.04. The molecule has 1 nitrogen and oxygen atoms in total. The average molecular weight is 308 g/mol. The molecular weight excluding hydrogens is 280 g/mol. The normalized spacial score (nSPS) is 12.1. The minimum Gasteiger partial charge on any atom is -0.294 e. The average Bonchev–Trinajstić information content (AvgIpc) is 2.58. The lowest BCUT2D eigenvalue weighted by Gasteiger charge is -2.15. The van der Waals surface area contributed by atoms with Gasteiger partial charge in [-0.15, -0.1) is 0 Å². The number of aryl methyl sites for hydroxylation is 2. The van der Waals surface area contributed by atoms with Gasteiger partial charge in [0.15, 0.2) is 5.78 Å². The summed E-state index contributed by atoms with van der Waals surface area (Å²) in [5.74, 6) is 0.558. The van der Waals surface area contributed by atoms with Crippen LogP contribution in [-0.4, -0.2) is 5.78 Å². The Morgan fingerprint density at radius 2 is 1.78 bits per heavy atom. The van der Waals surface area contributed by atoms with E-state index in [1.54, 1.807) is 0 Å². The lowest BCUT2D eigenvalue weighted by atomic mass is 9.88. The molecule has 0 aliphatic heterocycles. The minimum absolute atomic E-state index is 0.250. The van der Waals surface area contributed by atoms with Gasteiger partial charge in [0.25, 0.3) is 0 Å². The van der Waals surface area contributed by atoms with Crippen molar-refractivity contribution in [2.75, 3.05) is 0 Å². The number of hydrogen-bond donors (Lipinski definition) is 0. The Labute approximate surface area is 140 Å². The molecule has 0 spiro atoms. The second-order valence-corrected chi connectivity index (χ2v) is 6.45. The predicted octanol–water partition coefficient (Wildman–Crippen LogP) is 6.10. The van der Waals surface area contributed by atoms with Crippen molar-refractivity contribution in [1.82, 2.24) is 0 Å². The molecule has 0 fully saturated rings. The maximum Gasteiger partial charge on any atom is 0.163 e. The standard InChI is InChI=1S/C22H28O/c1-4-6-9-18-11-13-20(14-12-18)22(23)16-19(5-2)21-10-7-8-17(3)15-21/h7-8,10-15,19H,4-6,9,16H2,1-3H3. The minimum atomic E-state index is 0.250. The molecule has 23 heavy (non-hydrogen) atoms. The Hall–Kier alpha value is -1.89. The van der Waals surface area contributed by atoms with E-state index in [0.717, 1.165) is 18.4 Å². The summed E-state index contributed by atoms with van der Waals surface area (Å²) in [6, 6.07) is 16.7. The molecule has 0 bridgehead atoms. The van der Waals surface area contributed by atoms with Crippen molar-refractivity contribution in [3.8, 4) is 0 Å². The highest BCUT2D eigenvalue weighted by molar-refractivity contribution is 5.96. The van der Waals surface area contributed by atoms with Gasteiger partial charge in [-0.3, -0.25) is 4.79 Å². The van der Waals surface area contributed by atoms with Crippen molar-refractivity contribution < 1.29 is 4.79 Å². The molecule has 0 aromatic heterocycles. The van der Waals surface area contributed by atoms with Gasteiger partial charge in [-0.25, -0.2) is 0 Å². The summed E-state index contributed by atoms with van der Waals surface area (Å²) in [5.41, 5.74) is 4.71. The SMILES string of the molecule is CCCCc1ccc(C(=O)CC(CC)c2cccc(C)c2)cc1. The van der Waals surface area contributed by atoms with E-state index in [-0.39, 0.29) is 5.78 Å². The Bertz CT molecular complexity index is 625. The molecule has 0 heterocycles. The molecule has 0 aliphatic rings. The first kappa shape index (κ1) is 17.5. The molecule has 1 unspecified atom stereocenters. The molecule has 0 saturated carbocycles. The van der Waals surface area contributed by atoms with Crippen LogP contribution in [0.25, 0.3) is 0 Å². The number of unbranched alkanes of at least 4 members (excludes halogenated alkanes) is 1. The third-order valence-corrected chi connectivity index (χ3v) is 4.53. The summed E-state index contributed by atoms with van der Waals surface area (Å²) in [6.45, 7) is 6.47. The smallest absolute Gasteiger partial charge is 0.163 e. The summed E-state index contributed by atoms with van der Waals surface area (Å²) < 4.78 is 0. The highest BCUT2D eigenvalue weighted by atomic mass is 16.1. The van der Waals surface area contributed by atoms with E-state index in [4.69, 9.17) is 0 Å². The zero-order chi connectivity index (χ0) is 16.7. The van der Waals surface area contributed by atoms with Gasteiger partial charge in [-0.05, 0) is 43.2 Å². The van der Waals surface area contributed by atoms with Crippen LogP contribution in [-0.2, 0) is 6.42 Å². The molecule has 2 aromatic carbocycles. The van der Waals surface area contributed by atoms with E-state index in [0.29, 0.717) is 12.3 Å². The molecule has 122 valence electrons. The molecule has 0 N–H and O–H groups in total. The van der Waals surface area contributed by atoms with Crippen LogP contribution in [0.15, 0.2) is 48.5 Å². The zero-order valence-corrected chi connectivity index (χ0v) is 14.6. The van der Waals surface area contributed by atoms with Crippen LogP contribution < -0.4 is 0 Å². The fraction of sp³-hybridized carbons (Fsp3) is 0.409. The quantitative estimate of drug-likeness (QED) is 0.538. The van der Waals surface area contributed by atoms with Crippen LogP contribution in [0.1, 0.15) is 72.5 Å². The highest BCUT2D eigenvalue weighted by Gasteiger charge is 2.15.